The summed E-state index contributed by atoms with van der Waals surface area (Å²) in [6, 6.07) is 5.50. The summed E-state index contributed by atoms with van der Waals surface area (Å²) in [4.78, 5) is 0. The number of hydrogen-bond donors (Lipinski definition) is 1. The summed E-state index contributed by atoms with van der Waals surface area (Å²) in [7, 11) is 0. The number of benzene rings is 1. The molecule has 1 saturated carbocycles. The first-order chi connectivity index (χ1) is 9.41. The second-order valence-electron chi connectivity index (χ2n) is 6.64. The lowest BCUT2D eigenvalue weighted by Crippen LogP contribution is -2.49. The van der Waals surface area contributed by atoms with E-state index in [2.05, 4.69) is 26.1 Å². The van der Waals surface area contributed by atoms with Crippen LogP contribution in [-0.4, -0.2) is 18.7 Å². The van der Waals surface area contributed by atoms with Gasteiger partial charge >= 0.3 is 0 Å². The van der Waals surface area contributed by atoms with Crippen molar-refractivity contribution in [3.05, 3.63) is 29.6 Å². The SMILES string of the molecule is CCNC1CCC(C)(C)CC1Oc1ccc(C)c(F)c1. The standard InChI is InChI=1S/C17H26FNO/c1-5-19-15-8-9-17(3,4)11-16(15)20-13-7-6-12(2)14(18)10-13/h6-7,10,15-16,19H,5,8-9,11H2,1-4H3. The Hall–Kier alpha value is -1.09. The van der Waals surface area contributed by atoms with Gasteiger partial charge in [0.1, 0.15) is 17.7 Å². The van der Waals surface area contributed by atoms with E-state index >= 15 is 0 Å². The number of likely N-dealkylation sites (N-methyl/N-ethyl adjacent to an activating group) is 1. The largest absolute Gasteiger partial charge is 0.489 e. The molecule has 20 heavy (non-hydrogen) atoms. The maximum Gasteiger partial charge on any atom is 0.129 e. The second kappa shape index (κ2) is 6.13. The highest BCUT2D eigenvalue weighted by Gasteiger charge is 2.35. The molecule has 1 aliphatic carbocycles. The van der Waals surface area contributed by atoms with Crippen molar-refractivity contribution < 1.29 is 9.13 Å². The van der Waals surface area contributed by atoms with Crippen molar-refractivity contribution >= 4 is 0 Å². The van der Waals surface area contributed by atoms with Gasteiger partial charge in [0.25, 0.3) is 0 Å². The number of ether oxygens (including phenoxy) is 1. The molecule has 2 nitrogen and oxygen atoms in total. The summed E-state index contributed by atoms with van der Waals surface area (Å²) in [5, 5.41) is 3.50. The van der Waals surface area contributed by atoms with Gasteiger partial charge < -0.3 is 10.1 Å². The van der Waals surface area contributed by atoms with Crippen LogP contribution in [0.3, 0.4) is 0 Å². The Balaban J connectivity index is 2.11. The summed E-state index contributed by atoms with van der Waals surface area (Å²) < 4.78 is 19.7. The van der Waals surface area contributed by atoms with Crippen LogP contribution >= 0.6 is 0 Å². The molecule has 1 aromatic carbocycles. The van der Waals surface area contributed by atoms with Crippen LogP contribution in [0.15, 0.2) is 18.2 Å². The highest BCUT2D eigenvalue weighted by molar-refractivity contribution is 5.28. The average Bonchev–Trinajstić information content (AvgIpc) is 2.37. The summed E-state index contributed by atoms with van der Waals surface area (Å²) in [5.74, 6) is 0.441. The van der Waals surface area contributed by atoms with E-state index in [1.165, 1.54) is 12.5 Å². The van der Waals surface area contributed by atoms with E-state index in [0.29, 0.717) is 22.8 Å². The van der Waals surface area contributed by atoms with Gasteiger partial charge in [-0.1, -0.05) is 26.8 Å². The van der Waals surface area contributed by atoms with Crippen LogP contribution in [0.5, 0.6) is 5.75 Å². The highest BCUT2D eigenvalue weighted by atomic mass is 19.1. The molecule has 1 N–H and O–H groups in total. The molecule has 1 fully saturated rings. The predicted octanol–water partition coefficient (Wildman–Crippen LogP) is 4.07. The third-order valence-electron chi connectivity index (χ3n) is 4.23. The summed E-state index contributed by atoms with van der Waals surface area (Å²) in [5.41, 5.74) is 0.948. The molecule has 1 aromatic rings. The first-order valence-corrected chi connectivity index (χ1v) is 7.57. The monoisotopic (exact) mass is 279 g/mol. The van der Waals surface area contributed by atoms with Crippen LogP contribution in [0.4, 0.5) is 4.39 Å². The third-order valence-corrected chi connectivity index (χ3v) is 4.23. The molecule has 0 saturated heterocycles. The van der Waals surface area contributed by atoms with Crippen molar-refractivity contribution in [1.29, 1.82) is 0 Å². The van der Waals surface area contributed by atoms with Gasteiger partial charge in [-0.05, 0) is 49.8 Å². The van der Waals surface area contributed by atoms with E-state index in [-0.39, 0.29) is 11.9 Å². The van der Waals surface area contributed by atoms with Gasteiger partial charge in [-0.25, -0.2) is 4.39 Å². The van der Waals surface area contributed by atoms with Gasteiger partial charge in [0, 0.05) is 12.1 Å². The van der Waals surface area contributed by atoms with E-state index in [0.717, 1.165) is 19.4 Å². The zero-order valence-corrected chi connectivity index (χ0v) is 13.0. The fraction of sp³-hybridized carbons (Fsp3) is 0.647. The Morgan fingerprint density at radius 1 is 1.40 bits per heavy atom. The van der Waals surface area contributed by atoms with Crippen molar-refractivity contribution in [1.82, 2.24) is 5.32 Å². The van der Waals surface area contributed by atoms with Gasteiger partial charge in [-0.2, -0.15) is 0 Å². The molecular formula is C17H26FNO. The quantitative estimate of drug-likeness (QED) is 0.897. The maximum absolute atomic E-state index is 13.6. The van der Waals surface area contributed by atoms with Crippen LogP contribution in [0.1, 0.15) is 45.6 Å². The molecule has 0 bridgehead atoms. The molecule has 1 aliphatic rings. The van der Waals surface area contributed by atoms with Crippen molar-refractivity contribution in [3.63, 3.8) is 0 Å². The zero-order chi connectivity index (χ0) is 14.8. The Labute approximate surface area is 121 Å². The lowest BCUT2D eigenvalue weighted by molar-refractivity contribution is 0.0534. The molecule has 0 radical (unpaired) electrons. The van der Waals surface area contributed by atoms with E-state index < -0.39 is 0 Å². The van der Waals surface area contributed by atoms with Crippen molar-refractivity contribution in [2.75, 3.05) is 6.54 Å². The first-order valence-electron chi connectivity index (χ1n) is 7.57. The normalized spacial score (nSPS) is 25.4. The maximum atomic E-state index is 13.6. The molecule has 0 aromatic heterocycles. The molecular weight excluding hydrogens is 253 g/mol. The molecule has 0 spiro atoms. The van der Waals surface area contributed by atoms with Crippen molar-refractivity contribution in [2.24, 2.45) is 5.41 Å². The fourth-order valence-corrected chi connectivity index (χ4v) is 2.96. The average molecular weight is 279 g/mol. The number of rotatable bonds is 4. The number of nitrogens with one attached hydrogen (secondary N) is 1. The minimum Gasteiger partial charge on any atom is -0.489 e. The van der Waals surface area contributed by atoms with Crippen LogP contribution in [0.2, 0.25) is 0 Å². The molecule has 0 aliphatic heterocycles. The van der Waals surface area contributed by atoms with Crippen LogP contribution in [0, 0.1) is 18.2 Å². The Bertz CT molecular complexity index is 458. The van der Waals surface area contributed by atoms with E-state index in [4.69, 9.17) is 4.74 Å². The summed E-state index contributed by atoms with van der Waals surface area (Å²) in [6.07, 6.45) is 3.42. The molecule has 3 heteroatoms. The number of aryl methyl sites for hydroxylation is 1. The molecule has 112 valence electrons. The molecule has 0 amide bonds. The number of halogens is 1. The fourth-order valence-electron chi connectivity index (χ4n) is 2.96. The van der Waals surface area contributed by atoms with Gasteiger partial charge in [0.15, 0.2) is 0 Å². The first kappa shape index (κ1) is 15.3. The second-order valence-corrected chi connectivity index (χ2v) is 6.64. The van der Waals surface area contributed by atoms with Gasteiger partial charge in [0.2, 0.25) is 0 Å². The molecule has 0 heterocycles. The predicted molar refractivity (Wildman–Crippen MR) is 80.6 cm³/mol. The van der Waals surface area contributed by atoms with Crippen LogP contribution in [0.25, 0.3) is 0 Å². The molecule has 2 rings (SSSR count). The molecule has 2 unspecified atom stereocenters. The minimum absolute atomic E-state index is 0.112. The van der Waals surface area contributed by atoms with Gasteiger partial charge in [-0.15, -0.1) is 0 Å². The van der Waals surface area contributed by atoms with Gasteiger partial charge in [0.05, 0.1) is 0 Å². The lowest BCUT2D eigenvalue weighted by atomic mass is 9.74. The van der Waals surface area contributed by atoms with E-state index in [1.54, 1.807) is 13.0 Å². The van der Waals surface area contributed by atoms with Gasteiger partial charge in [-0.3, -0.25) is 0 Å². The van der Waals surface area contributed by atoms with Crippen LogP contribution in [-0.2, 0) is 0 Å². The third kappa shape index (κ3) is 3.72. The van der Waals surface area contributed by atoms with Crippen molar-refractivity contribution in [2.45, 2.75) is 59.1 Å². The lowest BCUT2D eigenvalue weighted by Gasteiger charge is -2.41. The Morgan fingerprint density at radius 3 is 2.80 bits per heavy atom. The van der Waals surface area contributed by atoms with E-state index in [1.807, 2.05) is 6.07 Å². The van der Waals surface area contributed by atoms with Crippen LogP contribution < -0.4 is 10.1 Å². The number of hydrogen-bond acceptors (Lipinski definition) is 2. The smallest absolute Gasteiger partial charge is 0.129 e. The Morgan fingerprint density at radius 2 is 2.15 bits per heavy atom. The summed E-state index contributed by atoms with van der Waals surface area (Å²) >= 11 is 0. The summed E-state index contributed by atoms with van der Waals surface area (Å²) in [6.45, 7) is 9.38. The Kier molecular flexibility index (Phi) is 4.69. The molecule has 2 atom stereocenters. The highest BCUT2D eigenvalue weighted by Crippen LogP contribution is 2.37. The topological polar surface area (TPSA) is 21.3 Å². The van der Waals surface area contributed by atoms with Crippen molar-refractivity contribution in [3.8, 4) is 5.75 Å². The van der Waals surface area contributed by atoms with E-state index in [9.17, 15) is 4.39 Å². The minimum atomic E-state index is -0.197. The zero-order valence-electron chi connectivity index (χ0n) is 13.0.